The summed E-state index contributed by atoms with van der Waals surface area (Å²) in [4.78, 5) is 4.21. The van der Waals surface area contributed by atoms with Crippen molar-refractivity contribution < 1.29 is 5.11 Å². The molecule has 1 aromatic heterocycles. The van der Waals surface area contributed by atoms with Gasteiger partial charge in [0.1, 0.15) is 0 Å². The number of aliphatic hydroxyl groups is 1. The molecule has 1 aromatic rings. The normalized spacial score (nSPS) is 31.0. The number of aromatic nitrogens is 1. The number of aliphatic hydroxyl groups excluding tert-OH is 1. The summed E-state index contributed by atoms with van der Waals surface area (Å²) in [6, 6.07) is 0. The van der Waals surface area contributed by atoms with Gasteiger partial charge in [-0.2, -0.15) is 0 Å². The Balaban J connectivity index is 2.16. The molecule has 1 heterocycles. The van der Waals surface area contributed by atoms with Crippen molar-refractivity contribution in [2.24, 2.45) is 0 Å². The first-order chi connectivity index (χ1) is 5.38. The maximum atomic E-state index is 9.53. The molecular weight excluding hydrogens is 158 g/mol. The van der Waals surface area contributed by atoms with E-state index in [-0.39, 0.29) is 6.10 Å². The molecule has 1 fully saturated rings. The lowest BCUT2D eigenvalue weighted by atomic mass is 10.0. The predicted octanol–water partition coefficient (Wildman–Crippen LogP) is 1.77. The Hall–Kier alpha value is -0.410. The van der Waals surface area contributed by atoms with Gasteiger partial charge in [0.15, 0.2) is 0 Å². The lowest BCUT2D eigenvalue weighted by molar-refractivity contribution is 0.162. The zero-order valence-electron chi connectivity index (χ0n) is 6.23. The number of nitrogens with zero attached hydrogens (tertiary/aromatic N) is 1. The van der Waals surface area contributed by atoms with Crippen LogP contribution in [0.3, 0.4) is 0 Å². The molecule has 2 atom stereocenters. The van der Waals surface area contributed by atoms with Crippen molar-refractivity contribution >= 4 is 11.3 Å². The molecule has 1 aliphatic carbocycles. The van der Waals surface area contributed by atoms with Gasteiger partial charge in [-0.1, -0.05) is 6.42 Å². The Bertz CT molecular complexity index is 222. The van der Waals surface area contributed by atoms with E-state index in [1.165, 1.54) is 0 Å². The third-order valence-electron chi connectivity index (χ3n) is 2.31. The zero-order valence-corrected chi connectivity index (χ0v) is 7.05. The van der Waals surface area contributed by atoms with Crippen LogP contribution in [0.25, 0.3) is 0 Å². The number of thiazole rings is 1. The van der Waals surface area contributed by atoms with Crippen LogP contribution in [0.1, 0.15) is 30.9 Å². The zero-order chi connectivity index (χ0) is 7.68. The second kappa shape index (κ2) is 2.91. The third-order valence-corrected chi connectivity index (χ3v) is 2.92. The molecule has 0 bridgehead atoms. The molecule has 2 rings (SSSR count). The van der Waals surface area contributed by atoms with E-state index >= 15 is 0 Å². The van der Waals surface area contributed by atoms with E-state index in [1.54, 1.807) is 11.3 Å². The number of hydrogen-bond acceptors (Lipinski definition) is 3. The van der Waals surface area contributed by atoms with Crippen molar-refractivity contribution in [3.8, 4) is 0 Å². The third kappa shape index (κ3) is 1.30. The van der Waals surface area contributed by atoms with Crippen LogP contribution in [0.2, 0.25) is 0 Å². The molecule has 3 heteroatoms. The van der Waals surface area contributed by atoms with E-state index < -0.39 is 0 Å². The van der Waals surface area contributed by atoms with Crippen LogP contribution >= 0.6 is 11.3 Å². The number of rotatable bonds is 1. The SMILES string of the molecule is O[C@@H]1CCC[C@H]1c1cscn1. The summed E-state index contributed by atoms with van der Waals surface area (Å²) < 4.78 is 0. The van der Waals surface area contributed by atoms with Gasteiger partial charge in [0, 0.05) is 11.3 Å². The van der Waals surface area contributed by atoms with Crippen LogP contribution in [0.4, 0.5) is 0 Å². The average Bonchev–Trinajstić information content (AvgIpc) is 2.55. The van der Waals surface area contributed by atoms with Gasteiger partial charge in [0.2, 0.25) is 0 Å². The fourth-order valence-corrected chi connectivity index (χ4v) is 2.31. The molecule has 1 aliphatic rings. The summed E-state index contributed by atoms with van der Waals surface area (Å²) in [6.07, 6.45) is 3.05. The lowest BCUT2D eigenvalue weighted by Gasteiger charge is -2.10. The molecule has 0 aliphatic heterocycles. The molecule has 1 N–H and O–H groups in total. The fourth-order valence-electron chi connectivity index (χ4n) is 1.69. The highest BCUT2D eigenvalue weighted by molar-refractivity contribution is 7.07. The Morgan fingerprint density at radius 1 is 1.55 bits per heavy atom. The molecule has 0 spiro atoms. The van der Waals surface area contributed by atoms with Gasteiger partial charge in [-0.05, 0) is 12.8 Å². The lowest BCUT2D eigenvalue weighted by Crippen LogP contribution is -2.10. The maximum Gasteiger partial charge on any atom is 0.0794 e. The van der Waals surface area contributed by atoms with Crippen molar-refractivity contribution in [1.82, 2.24) is 4.98 Å². The summed E-state index contributed by atoms with van der Waals surface area (Å²) in [5.41, 5.74) is 2.92. The minimum atomic E-state index is -0.142. The van der Waals surface area contributed by atoms with Gasteiger partial charge in [-0.3, -0.25) is 0 Å². The van der Waals surface area contributed by atoms with Crippen LogP contribution in [-0.4, -0.2) is 16.2 Å². The number of hydrogen-bond donors (Lipinski definition) is 1. The summed E-state index contributed by atoms with van der Waals surface area (Å²) in [7, 11) is 0. The first-order valence-electron chi connectivity index (χ1n) is 3.94. The van der Waals surface area contributed by atoms with Crippen LogP contribution in [0.15, 0.2) is 10.9 Å². The Labute approximate surface area is 69.9 Å². The second-order valence-corrected chi connectivity index (χ2v) is 3.74. The second-order valence-electron chi connectivity index (χ2n) is 3.02. The van der Waals surface area contributed by atoms with Crippen LogP contribution < -0.4 is 0 Å². The fraction of sp³-hybridized carbons (Fsp3) is 0.625. The first-order valence-corrected chi connectivity index (χ1v) is 4.88. The quantitative estimate of drug-likeness (QED) is 0.695. The van der Waals surface area contributed by atoms with Gasteiger partial charge in [0.25, 0.3) is 0 Å². The molecule has 0 amide bonds. The predicted molar refractivity (Wildman–Crippen MR) is 44.7 cm³/mol. The molecule has 0 saturated heterocycles. The van der Waals surface area contributed by atoms with Crippen LogP contribution in [-0.2, 0) is 0 Å². The van der Waals surface area contributed by atoms with Crippen molar-refractivity contribution in [2.75, 3.05) is 0 Å². The van der Waals surface area contributed by atoms with Gasteiger partial charge in [-0.15, -0.1) is 11.3 Å². The highest BCUT2D eigenvalue weighted by Crippen LogP contribution is 2.33. The van der Waals surface area contributed by atoms with E-state index in [4.69, 9.17) is 0 Å². The smallest absolute Gasteiger partial charge is 0.0794 e. The summed E-state index contributed by atoms with van der Waals surface area (Å²) in [5, 5.41) is 11.6. The van der Waals surface area contributed by atoms with Crippen molar-refractivity contribution in [2.45, 2.75) is 31.3 Å². The highest BCUT2D eigenvalue weighted by Gasteiger charge is 2.27. The van der Waals surface area contributed by atoms with Gasteiger partial charge < -0.3 is 5.11 Å². The average molecular weight is 169 g/mol. The summed E-state index contributed by atoms with van der Waals surface area (Å²) >= 11 is 1.61. The summed E-state index contributed by atoms with van der Waals surface area (Å²) in [5.74, 6) is 0.321. The molecule has 0 radical (unpaired) electrons. The minimum absolute atomic E-state index is 0.142. The molecule has 11 heavy (non-hydrogen) atoms. The molecular formula is C8H11NOS. The van der Waals surface area contributed by atoms with Crippen LogP contribution in [0, 0.1) is 0 Å². The van der Waals surface area contributed by atoms with Gasteiger partial charge in [0.05, 0.1) is 17.3 Å². The highest BCUT2D eigenvalue weighted by atomic mass is 32.1. The Morgan fingerprint density at radius 2 is 2.45 bits per heavy atom. The van der Waals surface area contributed by atoms with E-state index in [2.05, 4.69) is 4.98 Å². The van der Waals surface area contributed by atoms with Gasteiger partial charge >= 0.3 is 0 Å². The first kappa shape index (κ1) is 7.25. The van der Waals surface area contributed by atoms with Gasteiger partial charge in [-0.25, -0.2) is 4.98 Å². The Kier molecular flexibility index (Phi) is 1.92. The standard InChI is InChI=1S/C8H11NOS/c10-8-3-1-2-6(8)7-4-11-5-9-7/h4-6,8,10H,1-3H2/t6-,8+/m0/s1. The molecule has 0 aromatic carbocycles. The van der Waals surface area contributed by atoms with Crippen molar-refractivity contribution in [1.29, 1.82) is 0 Å². The van der Waals surface area contributed by atoms with Crippen molar-refractivity contribution in [3.05, 3.63) is 16.6 Å². The van der Waals surface area contributed by atoms with E-state index in [0.29, 0.717) is 5.92 Å². The molecule has 1 saturated carbocycles. The molecule has 0 unspecified atom stereocenters. The monoisotopic (exact) mass is 169 g/mol. The van der Waals surface area contributed by atoms with E-state index in [1.807, 2.05) is 10.9 Å². The summed E-state index contributed by atoms with van der Waals surface area (Å²) in [6.45, 7) is 0. The molecule has 2 nitrogen and oxygen atoms in total. The molecule has 60 valence electrons. The van der Waals surface area contributed by atoms with Crippen molar-refractivity contribution in [3.63, 3.8) is 0 Å². The van der Waals surface area contributed by atoms with Crippen LogP contribution in [0.5, 0.6) is 0 Å². The Morgan fingerprint density at radius 3 is 3.00 bits per heavy atom. The minimum Gasteiger partial charge on any atom is -0.392 e. The largest absolute Gasteiger partial charge is 0.392 e. The van der Waals surface area contributed by atoms with E-state index in [9.17, 15) is 5.11 Å². The maximum absolute atomic E-state index is 9.53. The topological polar surface area (TPSA) is 33.1 Å². The van der Waals surface area contributed by atoms with E-state index in [0.717, 1.165) is 25.0 Å².